The van der Waals surface area contributed by atoms with Crippen LogP contribution in [0.25, 0.3) is 11.3 Å². The van der Waals surface area contributed by atoms with Crippen LogP contribution in [0.5, 0.6) is 0 Å². The minimum atomic E-state index is -4.45. The SMILES string of the molecule is COC1CCN(CCC2=NCc3ccc(-c4ncccc4C(F)(F)F)cc3N2)CC1. The molecule has 4 rings (SSSR count). The molecule has 0 radical (unpaired) electrons. The van der Waals surface area contributed by atoms with Crippen LogP contribution in [0, 0.1) is 0 Å². The van der Waals surface area contributed by atoms with E-state index in [0.717, 1.165) is 62.0 Å². The molecule has 2 aromatic rings. The fraction of sp³-hybridized carbons (Fsp3) is 0.455. The number of ether oxygens (including phenoxy) is 1. The summed E-state index contributed by atoms with van der Waals surface area (Å²) < 4.78 is 45.5. The van der Waals surface area contributed by atoms with E-state index in [4.69, 9.17) is 4.74 Å². The first kappa shape index (κ1) is 20.8. The van der Waals surface area contributed by atoms with Gasteiger partial charge in [0.1, 0.15) is 5.84 Å². The van der Waals surface area contributed by atoms with Crippen molar-refractivity contribution in [1.82, 2.24) is 9.88 Å². The summed E-state index contributed by atoms with van der Waals surface area (Å²) >= 11 is 0. The fourth-order valence-corrected chi connectivity index (χ4v) is 3.99. The molecule has 1 saturated heterocycles. The van der Waals surface area contributed by atoms with Crippen LogP contribution >= 0.6 is 0 Å². The number of nitrogens with one attached hydrogen (secondary N) is 1. The van der Waals surface area contributed by atoms with Crippen LogP contribution in [0.1, 0.15) is 30.4 Å². The summed E-state index contributed by atoms with van der Waals surface area (Å²) in [6.07, 6.45) is 0.137. The summed E-state index contributed by atoms with van der Waals surface area (Å²) in [5.41, 5.74) is 1.42. The van der Waals surface area contributed by atoms with Gasteiger partial charge in [-0.15, -0.1) is 0 Å². The number of likely N-dealkylation sites (tertiary alicyclic amines) is 1. The van der Waals surface area contributed by atoms with E-state index in [1.165, 1.54) is 12.3 Å². The molecule has 1 N–H and O–H groups in total. The zero-order valence-corrected chi connectivity index (χ0v) is 16.9. The van der Waals surface area contributed by atoms with E-state index in [0.29, 0.717) is 18.2 Å². The van der Waals surface area contributed by atoms with Crippen LogP contribution in [0.3, 0.4) is 0 Å². The van der Waals surface area contributed by atoms with E-state index in [-0.39, 0.29) is 5.69 Å². The Morgan fingerprint density at radius 3 is 2.73 bits per heavy atom. The number of benzene rings is 1. The van der Waals surface area contributed by atoms with Gasteiger partial charge in [-0.05, 0) is 36.6 Å². The first-order valence-electron chi connectivity index (χ1n) is 10.1. The van der Waals surface area contributed by atoms with E-state index in [1.54, 1.807) is 19.2 Å². The highest BCUT2D eigenvalue weighted by Gasteiger charge is 2.34. The zero-order chi connectivity index (χ0) is 21.1. The van der Waals surface area contributed by atoms with E-state index < -0.39 is 11.7 Å². The third-order valence-corrected chi connectivity index (χ3v) is 5.75. The molecule has 2 aliphatic heterocycles. The van der Waals surface area contributed by atoms with Crippen LogP contribution in [0.15, 0.2) is 41.5 Å². The summed E-state index contributed by atoms with van der Waals surface area (Å²) in [4.78, 5) is 11.0. The van der Waals surface area contributed by atoms with Crippen molar-refractivity contribution in [3.05, 3.63) is 47.7 Å². The normalized spacial score (nSPS) is 17.9. The molecule has 0 atom stereocenters. The van der Waals surface area contributed by atoms with E-state index in [9.17, 15) is 13.2 Å². The van der Waals surface area contributed by atoms with Gasteiger partial charge in [-0.2, -0.15) is 13.2 Å². The number of hydrogen-bond acceptors (Lipinski definition) is 5. The number of anilines is 1. The highest BCUT2D eigenvalue weighted by Crippen LogP contribution is 2.37. The average Bonchev–Trinajstić information content (AvgIpc) is 2.77. The number of nitrogens with zero attached hydrogens (tertiary/aromatic N) is 3. The topological polar surface area (TPSA) is 49.8 Å². The van der Waals surface area contributed by atoms with Crippen molar-refractivity contribution in [2.45, 2.75) is 38.1 Å². The summed E-state index contributed by atoms with van der Waals surface area (Å²) in [6, 6.07) is 7.62. The molecule has 0 aliphatic carbocycles. The second kappa shape index (κ2) is 8.73. The third kappa shape index (κ3) is 4.65. The maximum Gasteiger partial charge on any atom is 0.418 e. The predicted octanol–water partition coefficient (Wildman–Crippen LogP) is 4.59. The largest absolute Gasteiger partial charge is 0.418 e. The Morgan fingerprint density at radius 1 is 1.20 bits per heavy atom. The summed E-state index contributed by atoms with van der Waals surface area (Å²) in [6.45, 7) is 3.44. The molecule has 30 heavy (non-hydrogen) atoms. The number of alkyl halides is 3. The van der Waals surface area contributed by atoms with Gasteiger partial charge in [0.2, 0.25) is 0 Å². The molecule has 1 fully saturated rings. The summed E-state index contributed by atoms with van der Waals surface area (Å²) in [7, 11) is 1.76. The van der Waals surface area contributed by atoms with Gasteiger partial charge in [0.15, 0.2) is 0 Å². The third-order valence-electron chi connectivity index (χ3n) is 5.75. The number of aromatic nitrogens is 1. The lowest BCUT2D eigenvalue weighted by Gasteiger charge is -2.31. The Balaban J connectivity index is 1.45. The van der Waals surface area contributed by atoms with Crippen LogP contribution < -0.4 is 5.32 Å². The van der Waals surface area contributed by atoms with Crippen molar-refractivity contribution in [1.29, 1.82) is 0 Å². The summed E-state index contributed by atoms with van der Waals surface area (Å²) in [5, 5.41) is 3.31. The Morgan fingerprint density at radius 2 is 2.00 bits per heavy atom. The number of amidine groups is 1. The zero-order valence-electron chi connectivity index (χ0n) is 16.9. The maximum absolute atomic E-state index is 13.4. The molecule has 5 nitrogen and oxygen atoms in total. The van der Waals surface area contributed by atoms with Crippen molar-refractivity contribution in [2.24, 2.45) is 4.99 Å². The molecule has 160 valence electrons. The van der Waals surface area contributed by atoms with Crippen LogP contribution in [0.2, 0.25) is 0 Å². The number of pyridine rings is 1. The Labute approximate surface area is 174 Å². The smallest absolute Gasteiger partial charge is 0.381 e. The molecule has 0 spiro atoms. The van der Waals surface area contributed by atoms with Crippen molar-refractivity contribution < 1.29 is 17.9 Å². The molecule has 3 heterocycles. The molecule has 0 saturated carbocycles. The Hall–Kier alpha value is -2.45. The molecule has 0 amide bonds. The number of hydrogen-bond donors (Lipinski definition) is 1. The lowest BCUT2D eigenvalue weighted by molar-refractivity contribution is -0.137. The van der Waals surface area contributed by atoms with Crippen molar-refractivity contribution >= 4 is 11.5 Å². The van der Waals surface area contributed by atoms with Gasteiger partial charge in [0, 0.05) is 50.6 Å². The van der Waals surface area contributed by atoms with Gasteiger partial charge in [-0.25, -0.2) is 0 Å². The Kier molecular flexibility index (Phi) is 6.06. The predicted molar refractivity (Wildman–Crippen MR) is 111 cm³/mol. The van der Waals surface area contributed by atoms with E-state index in [2.05, 4.69) is 20.2 Å². The minimum absolute atomic E-state index is 0.0559. The van der Waals surface area contributed by atoms with Gasteiger partial charge < -0.3 is 15.0 Å². The average molecular weight is 418 g/mol. The first-order chi connectivity index (χ1) is 14.4. The number of fused-ring (bicyclic) bond motifs is 1. The van der Waals surface area contributed by atoms with Gasteiger partial charge >= 0.3 is 6.18 Å². The van der Waals surface area contributed by atoms with E-state index in [1.807, 2.05) is 6.07 Å². The number of piperidine rings is 1. The van der Waals surface area contributed by atoms with Crippen molar-refractivity contribution in [2.75, 3.05) is 32.1 Å². The number of methoxy groups -OCH3 is 1. The molecular weight excluding hydrogens is 393 g/mol. The maximum atomic E-state index is 13.4. The molecule has 1 aromatic heterocycles. The lowest BCUT2D eigenvalue weighted by Crippen LogP contribution is -2.38. The quantitative estimate of drug-likeness (QED) is 0.772. The van der Waals surface area contributed by atoms with Crippen LogP contribution in [0.4, 0.5) is 18.9 Å². The minimum Gasteiger partial charge on any atom is -0.381 e. The monoisotopic (exact) mass is 418 g/mol. The summed E-state index contributed by atoms with van der Waals surface area (Å²) in [5.74, 6) is 0.866. The number of halogens is 3. The molecule has 8 heteroatoms. The molecule has 1 aromatic carbocycles. The first-order valence-corrected chi connectivity index (χ1v) is 10.1. The fourth-order valence-electron chi connectivity index (χ4n) is 3.99. The second-order valence-electron chi connectivity index (χ2n) is 7.68. The lowest BCUT2D eigenvalue weighted by atomic mass is 10.0. The second-order valence-corrected chi connectivity index (χ2v) is 7.68. The van der Waals surface area contributed by atoms with E-state index >= 15 is 0 Å². The molecule has 0 unspecified atom stereocenters. The number of aliphatic imine (C=N–C) groups is 1. The van der Waals surface area contributed by atoms with Gasteiger partial charge in [0.05, 0.1) is 23.9 Å². The van der Waals surface area contributed by atoms with Crippen molar-refractivity contribution in [3.8, 4) is 11.3 Å². The van der Waals surface area contributed by atoms with Gasteiger partial charge in [-0.3, -0.25) is 9.98 Å². The van der Waals surface area contributed by atoms with Gasteiger partial charge in [0.25, 0.3) is 0 Å². The highest BCUT2D eigenvalue weighted by molar-refractivity contribution is 5.98. The standard InChI is InChI=1S/C22H25F3N4O/c1-30-17-6-10-29(11-7-17)12-8-20-27-14-16-5-4-15(13-19(16)28-20)21-18(22(23,24)25)3-2-9-26-21/h2-5,9,13,17H,6-8,10-12,14H2,1H3,(H,27,28). The molecular formula is C22H25F3N4O. The molecule has 0 bridgehead atoms. The van der Waals surface area contributed by atoms with Crippen LogP contribution in [-0.2, 0) is 17.5 Å². The van der Waals surface area contributed by atoms with Crippen molar-refractivity contribution in [3.63, 3.8) is 0 Å². The Bertz CT molecular complexity index is 921. The molecule has 2 aliphatic rings. The van der Waals surface area contributed by atoms with Gasteiger partial charge in [-0.1, -0.05) is 12.1 Å². The number of rotatable bonds is 5. The van der Waals surface area contributed by atoms with Crippen LogP contribution in [-0.4, -0.2) is 48.6 Å². The highest BCUT2D eigenvalue weighted by atomic mass is 19.4.